The van der Waals surface area contributed by atoms with Gasteiger partial charge < -0.3 is 11.1 Å². The van der Waals surface area contributed by atoms with Gasteiger partial charge in [-0.25, -0.2) is 0 Å². The van der Waals surface area contributed by atoms with Gasteiger partial charge in [0.1, 0.15) is 0 Å². The predicted molar refractivity (Wildman–Crippen MR) is 77.2 cm³/mol. The molecule has 20 heavy (non-hydrogen) atoms. The van der Waals surface area contributed by atoms with Crippen LogP contribution in [0, 0.1) is 0 Å². The van der Waals surface area contributed by atoms with E-state index < -0.39 is 0 Å². The van der Waals surface area contributed by atoms with Crippen molar-refractivity contribution in [3.05, 3.63) is 47.3 Å². The number of benzene rings is 1. The van der Waals surface area contributed by atoms with Gasteiger partial charge in [0, 0.05) is 29.6 Å². The monoisotopic (exact) mass is 270 g/mol. The summed E-state index contributed by atoms with van der Waals surface area (Å²) in [6.07, 6.45) is 4.90. The molecule has 3 rings (SSSR count). The fourth-order valence-electron chi connectivity index (χ4n) is 2.78. The molecule has 0 saturated heterocycles. The Morgan fingerprint density at radius 3 is 3.15 bits per heavy atom. The maximum Gasteiger partial charge on any atom is 0.251 e. The van der Waals surface area contributed by atoms with Crippen LogP contribution in [0.4, 0.5) is 5.69 Å². The van der Waals surface area contributed by atoms with Gasteiger partial charge in [0.2, 0.25) is 0 Å². The fourth-order valence-corrected chi connectivity index (χ4v) is 2.78. The first kappa shape index (κ1) is 12.7. The highest BCUT2D eigenvalue weighted by molar-refractivity contribution is 5.95. The van der Waals surface area contributed by atoms with Crippen LogP contribution in [0.1, 0.15) is 40.5 Å². The number of hydrogen-bond acceptors (Lipinski definition) is 3. The van der Waals surface area contributed by atoms with Crippen LogP contribution in [0.5, 0.6) is 0 Å². The molecule has 1 aliphatic rings. The van der Waals surface area contributed by atoms with Crippen molar-refractivity contribution in [2.24, 2.45) is 7.05 Å². The highest BCUT2D eigenvalue weighted by atomic mass is 16.1. The second-order valence-corrected chi connectivity index (χ2v) is 5.21. The number of nitrogen functional groups attached to an aromatic ring is 1. The molecule has 0 spiro atoms. The number of anilines is 1. The molecule has 5 heteroatoms. The Morgan fingerprint density at radius 2 is 2.35 bits per heavy atom. The van der Waals surface area contributed by atoms with Crippen molar-refractivity contribution in [3.8, 4) is 0 Å². The average molecular weight is 270 g/mol. The molecule has 1 amide bonds. The van der Waals surface area contributed by atoms with Crippen molar-refractivity contribution < 1.29 is 4.79 Å². The van der Waals surface area contributed by atoms with E-state index >= 15 is 0 Å². The molecular formula is C15H18N4O. The third-order valence-electron chi connectivity index (χ3n) is 3.83. The van der Waals surface area contributed by atoms with E-state index in [0.717, 1.165) is 24.8 Å². The molecule has 0 saturated carbocycles. The summed E-state index contributed by atoms with van der Waals surface area (Å²) in [6, 6.07) is 7.08. The molecule has 1 atom stereocenters. The van der Waals surface area contributed by atoms with Gasteiger partial charge in [0.05, 0.1) is 12.2 Å². The van der Waals surface area contributed by atoms with Crippen molar-refractivity contribution in [2.75, 3.05) is 5.73 Å². The number of carbonyl (C=O) groups excluding carboxylic acids is 1. The zero-order valence-corrected chi connectivity index (χ0v) is 11.5. The number of amides is 1. The summed E-state index contributed by atoms with van der Waals surface area (Å²) in [5.41, 5.74) is 9.27. The average Bonchev–Trinajstić information content (AvgIpc) is 2.82. The van der Waals surface area contributed by atoms with Crippen LogP contribution in [0.25, 0.3) is 0 Å². The Bertz CT molecular complexity index is 647. The number of aromatic nitrogens is 2. The number of rotatable bonds is 2. The fraction of sp³-hybridized carbons (Fsp3) is 0.333. The van der Waals surface area contributed by atoms with Gasteiger partial charge in [-0.15, -0.1) is 0 Å². The van der Waals surface area contributed by atoms with Crippen LogP contribution < -0.4 is 11.1 Å². The van der Waals surface area contributed by atoms with Gasteiger partial charge in [-0.3, -0.25) is 9.48 Å². The zero-order valence-electron chi connectivity index (χ0n) is 11.5. The lowest BCUT2D eigenvalue weighted by Crippen LogP contribution is -2.31. The molecule has 0 bridgehead atoms. The molecule has 104 valence electrons. The number of hydrogen-bond donors (Lipinski definition) is 2. The van der Waals surface area contributed by atoms with Crippen molar-refractivity contribution in [1.29, 1.82) is 0 Å². The summed E-state index contributed by atoms with van der Waals surface area (Å²) in [6.45, 7) is 0. The Hall–Kier alpha value is -2.30. The van der Waals surface area contributed by atoms with Crippen LogP contribution >= 0.6 is 0 Å². The lowest BCUT2D eigenvalue weighted by atomic mass is 9.93. The number of carbonyl (C=O) groups is 1. The highest BCUT2D eigenvalue weighted by Gasteiger charge is 2.25. The van der Waals surface area contributed by atoms with Crippen LogP contribution in [0.2, 0.25) is 0 Å². The number of nitrogens with zero attached hydrogens (tertiary/aromatic N) is 2. The molecular weight excluding hydrogens is 252 g/mol. The minimum Gasteiger partial charge on any atom is -0.399 e. The first-order chi connectivity index (χ1) is 9.65. The normalized spacial score (nSPS) is 17.6. The number of nitrogens with two attached hydrogens (primary N) is 1. The van der Waals surface area contributed by atoms with E-state index in [4.69, 9.17) is 5.73 Å². The van der Waals surface area contributed by atoms with Crippen molar-refractivity contribution in [2.45, 2.75) is 25.3 Å². The lowest BCUT2D eigenvalue weighted by molar-refractivity contribution is 0.0932. The third-order valence-corrected chi connectivity index (χ3v) is 3.83. The van der Waals surface area contributed by atoms with E-state index in [0.29, 0.717) is 11.3 Å². The molecule has 0 radical (unpaired) electrons. The minimum absolute atomic E-state index is 0.0429. The van der Waals surface area contributed by atoms with Gasteiger partial charge in [0.25, 0.3) is 5.91 Å². The smallest absolute Gasteiger partial charge is 0.251 e. The van der Waals surface area contributed by atoms with Gasteiger partial charge in [0.15, 0.2) is 0 Å². The summed E-state index contributed by atoms with van der Waals surface area (Å²) in [5.74, 6) is -0.0843. The van der Waals surface area contributed by atoms with Gasteiger partial charge in [-0.2, -0.15) is 5.10 Å². The van der Waals surface area contributed by atoms with Crippen LogP contribution in [0.3, 0.4) is 0 Å². The number of fused-ring (bicyclic) bond motifs is 1. The second-order valence-electron chi connectivity index (χ2n) is 5.21. The molecule has 1 heterocycles. The summed E-state index contributed by atoms with van der Waals surface area (Å²) in [7, 11) is 1.95. The summed E-state index contributed by atoms with van der Waals surface area (Å²) in [5, 5.41) is 7.37. The molecule has 5 nitrogen and oxygen atoms in total. The second kappa shape index (κ2) is 5.00. The molecule has 0 aliphatic heterocycles. The van der Waals surface area contributed by atoms with E-state index in [2.05, 4.69) is 10.4 Å². The van der Waals surface area contributed by atoms with Crippen LogP contribution in [0.15, 0.2) is 30.5 Å². The molecule has 1 aromatic heterocycles. The SMILES string of the molecule is Cn1ncc2c1CCCC2NC(=O)c1cccc(N)c1. The van der Waals surface area contributed by atoms with Crippen molar-refractivity contribution in [1.82, 2.24) is 15.1 Å². The minimum atomic E-state index is -0.0843. The predicted octanol–water partition coefficient (Wildman–Crippen LogP) is 1.81. The Labute approximate surface area is 117 Å². The summed E-state index contributed by atoms with van der Waals surface area (Å²) in [4.78, 5) is 12.3. The Balaban J connectivity index is 1.80. The molecule has 1 aromatic carbocycles. The van der Waals surface area contributed by atoms with Gasteiger partial charge in [-0.05, 0) is 37.5 Å². The highest BCUT2D eigenvalue weighted by Crippen LogP contribution is 2.29. The lowest BCUT2D eigenvalue weighted by Gasteiger charge is -2.23. The largest absolute Gasteiger partial charge is 0.399 e. The van der Waals surface area contributed by atoms with Crippen molar-refractivity contribution >= 4 is 11.6 Å². The molecule has 3 N–H and O–H groups in total. The quantitative estimate of drug-likeness (QED) is 0.817. The molecule has 1 aliphatic carbocycles. The number of nitrogens with one attached hydrogen (secondary N) is 1. The summed E-state index contributed by atoms with van der Waals surface area (Å²) >= 11 is 0. The third kappa shape index (κ3) is 2.27. The van der Waals surface area contributed by atoms with Gasteiger partial charge >= 0.3 is 0 Å². The number of aryl methyl sites for hydroxylation is 1. The first-order valence-electron chi connectivity index (χ1n) is 6.82. The molecule has 2 aromatic rings. The maximum absolute atomic E-state index is 12.3. The van der Waals surface area contributed by atoms with Crippen LogP contribution in [-0.4, -0.2) is 15.7 Å². The maximum atomic E-state index is 12.3. The molecule has 1 unspecified atom stereocenters. The van der Waals surface area contributed by atoms with E-state index in [9.17, 15) is 4.79 Å². The molecule has 0 fully saturated rings. The first-order valence-corrected chi connectivity index (χ1v) is 6.82. The van der Waals surface area contributed by atoms with E-state index in [1.54, 1.807) is 24.3 Å². The zero-order chi connectivity index (χ0) is 14.1. The standard InChI is InChI=1S/C15H18N4O/c1-19-14-7-3-6-13(12(14)9-17-19)18-15(20)10-4-2-5-11(16)8-10/h2,4-5,8-9,13H,3,6-7,16H2,1H3,(H,18,20). The topological polar surface area (TPSA) is 72.9 Å². The van der Waals surface area contributed by atoms with E-state index in [1.165, 1.54) is 5.69 Å². The van der Waals surface area contributed by atoms with Gasteiger partial charge in [-0.1, -0.05) is 6.07 Å². The Morgan fingerprint density at radius 1 is 1.50 bits per heavy atom. The van der Waals surface area contributed by atoms with Crippen molar-refractivity contribution in [3.63, 3.8) is 0 Å². The Kier molecular flexibility index (Phi) is 3.18. The summed E-state index contributed by atoms with van der Waals surface area (Å²) < 4.78 is 1.90. The van der Waals surface area contributed by atoms with E-state index in [-0.39, 0.29) is 11.9 Å². The van der Waals surface area contributed by atoms with Crippen LogP contribution in [-0.2, 0) is 13.5 Å². The van der Waals surface area contributed by atoms with E-state index in [1.807, 2.05) is 17.9 Å².